The maximum Gasteiger partial charge on any atom is 0.277 e. The van der Waals surface area contributed by atoms with Gasteiger partial charge in [0.1, 0.15) is 5.70 Å². The van der Waals surface area contributed by atoms with Crippen molar-refractivity contribution in [1.82, 2.24) is 4.90 Å². The second-order valence-corrected chi connectivity index (χ2v) is 7.72. The smallest absolute Gasteiger partial charge is 0.277 e. The zero-order valence-corrected chi connectivity index (χ0v) is 18.1. The van der Waals surface area contributed by atoms with Gasteiger partial charge in [0.25, 0.3) is 5.91 Å². The van der Waals surface area contributed by atoms with E-state index in [9.17, 15) is 4.79 Å². The molecule has 0 unspecified atom stereocenters. The maximum atomic E-state index is 13.1. The van der Waals surface area contributed by atoms with Crippen LogP contribution in [0.15, 0.2) is 90.5 Å². The Labute approximate surface area is 186 Å². The minimum Gasteiger partial charge on any atom is -0.439 e. The normalized spacial score (nSPS) is 18.5. The molecule has 6 heteroatoms. The second kappa shape index (κ2) is 7.56. The SMILES string of the molecule is CCN1C(=O)/C(=C\C=C2/Oc3ccc4ccccc4c3N2C)N(c2ccccc2)C1=S. The third kappa shape index (κ3) is 3.07. The molecule has 2 heterocycles. The average molecular weight is 428 g/mol. The number of benzene rings is 3. The molecule has 0 atom stereocenters. The standard InChI is InChI=1S/C25H21N3O2S/c1-3-27-24(29)20(28(25(27)31)18-10-5-4-6-11-18)14-16-22-26(2)23-19-12-8-7-9-17(19)13-15-21(23)30-22/h4-16H,3H2,1-2H3/b20-14+,22-16-. The van der Waals surface area contributed by atoms with Gasteiger partial charge in [0.2, 0.25) is 0 Å². The highest BCUT2D eigenvalue weighted by atomic mass is 32.1. The van der Waals surface area contributed by atoms with Crippen LogP contribution in [0.3, 0.4) is 0 Å². The number of nitrogens with zero attached hydrogens (tertiary/aromatic N) is 3. The van der Waals surface area contributed by atoms with Gasteiger partial charge in [-0.3, -0.25) is 14.6 Å². The van der Waals surface area contributed by atoms with Crippen molar-refractivity contribution in [2.45, 2.75) is 6.92 Å². The van der Waals surface area contributed by atoms with Gasteiger partial charge >= 0.3 is 0 Å². The van der Waals surface area contributed by atoms with E-state index >= 15 is 0 Å². The zero-order valence-electron chi connectivity index (χ0n) is 17.3. The van der Waals surface area contributed by atoms with Gasteiger partial charge in [0.15, 0.2) is 16.7 Å². The maximum absolute atomic E-state index is 13.1. The number of carbonyl (C=O) groups excluding carboxylic acids is 1. The van der Waals surface area contributed by atoms with Gasteiger partial charge in [-0.15, -0.1) is 0 Å². The highest BCUT2D eigenvalue weighted by Crippen LogP contribution is 2.43. The average Bonchev–Trinajstić information content (AvgIpc) is 3.25. The minimum absolute atomic E-state index is 0.114. The van der Waals surface area contributed by atoms with Gasteiger partial charge in [-0.1, -0.05) is 48.5 Å². The van der Waals surface area contributed by atoms with Crippen LogP contribution in [0.2, 0.25) is 0 Å². The molecule has 0 saturated carbocycles. The second-order valence-electron chi connectivity index (χ2n) is 7.35. The quantitative estimate of drug-likeness (QED) is 0.432. The predicted molar refractivity (Wildman–Crippen MR) is 128 cm³/mol. The van der Waals surface area contributed by atoms with Gasteiger partial charge < -0.3 is 9.64 Å². The molecule has 2 aliphatic heterocycles. The summed E-state index contributed by atoms with van der Waals surface area (Å²) in [5.41, 5.74) is 2.38. The van der Waals surface area contributed by atoms with Crippen molar-refractivity contribution in [2.24, 2.45) is 0 Å². The van der Waals surface area contributed by atoms with E-state index in [0.29, 0.717) is 23.2 Å². The van der Waals surface area contributed by atoms with Crippen LogP contribution in [0, 0.1) is 0 Å². The van der Waals surface area contributed by atoms with E-state index in [1.165, 1.54) is 0 Å². The Morgan fingerprint density at radius 3 is 2.48 bits per heavy atom. The van der Waals surface area contributed by atoms with Gasteiger partial charge in [-0.25, -0.2) is 0 Å². The summed E-state index contributed by atoms with van der Waals surface area (Å²) < 4.78 is 6.11. The molecule has 1 amide bonds. The Bertz CT molecular complexity index is 1270. The van der Waals surface area contributed by atoms with Crippen LogP contribution in [0.5, 0.6) is 5.75 Å². The van der Waals surface area contributed by atoms with Crippen molar-refractivity contribution >= 4 is 45.4 Å². The molecule has 5 rings (SSSR count). The Morgan fingerprint density at radius 2 is 1.71 bits per heavy atom. The number of para-hydroxylation sites is 1. The van der Waals surface area contributed by atoms with Crippen LogP contribution in [-0.2, 0) is 4.79 Å². The van der Waals surface area contributed by atoms with Gasteiger partial charge in [-0.2, -0.15) is 0 Å². The molecule has 0 aromatic heterocycles. The number of fused-ring (bicyclic) bond motifs is 3. The molecule has 154 valence electrons. The summed E-state index contributed by atoms with van der Waals surface area (Å²) in [4.78, 5) is 18.5. The summed E-state index contributed by atoms with van der Waals surface area (Å²) in [5, 5.41) is 2.76. The molecule has 1 fully saturated rings. The third-order valence-corrected chi connectivity index (χ3v) is 5.99. The van der Waals surface area contributed by atoms with E-state index in [1.54, 1.807) is 11.0 Å². The number of carbonyl (C=O) groups is 1. The monoisotopic (exact) mass is 427 g/mol. The van der Waals surface area contributed by atoms with Crippen LogP contribution in [-0.4, -0.2) is 29.5 Å². The molecule has 0 bridgehead atoms. The number of hydrogen-bond donors (Lipinski definition) is 0. The van der Waals surface area contributed by atoms with Crippen molar-refractivity contribution in [3.05, 3.63) is 90.5 Å². The molecule has 3 aromatic carbocycles. The molecule has 2 aliphatic rings. The van der Waals surface area contributed by atoms with Crippen molar-refractivity contribution in [2.75, 3.05) is 23.4 Å². The lowest BCUT2D eigenvalue weighted by atomic mass is 10.1. The fourth-order valence-electron chi connectivity index (χ4n) is 4.05. The summed E-state index contributed by atoms with van der Waals surface area (Å²) in [5.74, 6) is 1.34. The lowest BCUT2D eigenvalue weighted by molar-refractivity contribution is -0.122. The number of allylic oxidation sites excluding steroid dienone is 2. The van der Waals surface area contributed by atoms with Crippen molar-refractivity contribution in [1.29, 1.82) is 0 Å². The van der Waals surface area contributed by atoms with E-state index in [1.807, 2.05) is 78.4 Å². The molecule has 0 radical (unpaired) electrons. The molecular formula is C25H21N3O2S. The molecule has 0 aliphatic carbocycles. The van der Waals surface area contributed by atoms with Crippen molar-refractivity contribution < 1.29 is 9.53 Å². The number of likely N-dealkylation sites (N-methyl/N-ethyl adjacent to an activating group) is 1. The number of rotatable bonds is 3. The number of hydrogen-bond acceptors (Lipinski definition) is 4. The summed E-state index contributed by atoms with van der Waals surface area (Å²) in [6.45, 7) is 2.44. The van der Waals surface area contributed by atoms with Crippen LogP contribution >= 0.6 is 12.2 Å². The zero-order chi connectivity index (χ0) is 21.5. The first-order chi connectivity index (χ1) is 15.1. The number of ether oxygens (including phenoxy) is 1. The highest BCUT2D eigenvalue weighted by Gasteiger charge is 2.37. The van der Waals surface area contributed by atoms with Crippen LogP contribution < -0.4 is 14.5 Å². The van der Waals surface area contributed by atoms with Crippen LogP contribution in [0.25, 0.3) is 10.8 Å². The summed E-state index contributed by atoms with van der Waals surface area (Å²) in [6, 6.07) is 22.0. The topological polar surface area (TPSA) is 36.0 Å². The van der Waals surface area contributed by atoms with E-state index in [-0.39, 0.29) is 5.91 Å². The minimum atomic E-state index is -0.114. The van der Waals surface area contributed by atoms with E-state index in [4.69, 9.17) is 17.0 Å². The molecule has 31 heavy (non-hydrogen) atoms. The van der Waals surface area contributed by atoms with Gasteiger partial charge in [0.05, 0.1) is 5.69 Å². The van der Waals surface area contributed by atoms with Crippen LogP contribution in [0.1, 0.15) is 6.92 Å². The van der Waals surface area contributed by atoms with Crippen molar-refractivity contribution in [3.63, 3.8) is 0 Å². The van der Waals surface area contributed by atoms with E-state index in [2.05, 4.69) is 18.2 Å². The van der Waals surface area contributed by atoms with Gasteiger partial charge in [-0.05, 0) is 48.8 Å². The third-order valence-electron chi connectivity index (χ3n) is 5.59. The Hall–Kier alpha value is -3.64. The fraction of sp³-hybridized carbons (Fsp3) is 0.120. The lowest BCUT2D eigenvalue weighted by Gasteiger charge is -2.19. The predicted octanol–water partition coefficient (Wildman–Crippen LogP) is 5.05. The molecule has 3 aromatic rings. The first-order valence-corrected chi connectivity index (χ1v) is 10.6. The molecular weight excluding hydrogens is 406 g/mol. The first kappa shape index (κ1) is 19.3. The summed E-state index contributed by atoms with van der Waals surface area (Å²) in [7, 11) is 1.97. The largest absolute Gasteiger partial charge is 0.439 e. The van der Waals surface area contributed by atoms with Gasteiger partial charge in [0, 0.05) is 30.7 Å². The Balaban J connectivity index is 1.55. The number of thiocarbonyl (C=S) groups is 1. The Morgan fingerprint density at radius 1 is 0.968 bits per heavy atom. The molecule has 1 saturated heterocycles. The molecule has 5 nitrogen and oxygen atoms in total. The van der Waals surface area contributed by atoms with Crippen LogP contribution in [0.4, 0.5) is 11.4 Å². The van der Waals surface area contributed by atoms with E-state index < -0.39 is 0 Å². The summed E-state index contributed by atoms with van der Waals surface area (Å²) >= 11 is 5.61. The lowest BCUT2D eigenvalue weighted by Crippen LogP contribution is -2.32. The first-order valence-electron chi connectivity index (χ1n) is 10.2. The van der Waals surface area contributed by atoms with E-state index in [0.717, 1.165) is 27.9 Å². The van der Waals surface area contributed by atoms with Crippen molar-refractivity contribution in [3.8, 4) is 5.75 Å². The molecule has 0 N–H and O–H groups in total. The number of amides is 1. The fourth-order valence-corrected chi connectivity index (χ4v) is 4.46. The Kier molecular flexibility index (Phi) is 4.71. The highest BCUT2D eigenvalue weighted by molar-refractivity contribution is 7.80. The molecule has 0 spiro atoms. The number of anilines is 2. The summed E-state index contributed by atoms with van der Waals surface area (Å²) in [6.07, 6.45) is 3.62.